The zero-order valence-electron chi connectivity index (χ0n) is 12.3. The second-order valence-electron chi connectivity index (χ2n) is 4.66. The Balaban J connectivity index is 2.52. The maximum atomic E-state index is 12.6. The van der Waals surface area contributed by atoms with Gasteiger partial charge in [0.05, 0.1) is 24.1 Å². The largest absolute Gasteiger partial charge is 0.462 e. The topological polar surface area (TPSA) is 89.4 Å². The Bertz CT molecular complexity index is 981. The first-order chi connectivity index (χ1) is 11.2. The van der Waals surface area contributed by atoms with E-state index in [0.717, 1.165) is 0 Å². The van der Waals surface area contributed by atoms with Crippen LogP contribution in [0.1, 0.15) is 22.8 Å². The van der Waals surface area contributed by atoms with Crippen LogP contribution < -0.4 is 5.56 Å². The molecule has 3 rings (SSSR count). The molecule has 3 aromatic heterocycles. The summed E-state index contributed by atoms with van der Waals surface area (Å²) in [7, 11) is 0. The number of nitriles is 1. The smallest absolute Gasteiger partial charge is 0.342 e. The summed E-state index contributed by atoms with van der Waals surface area (Å²) in [5.41, 5.74) is 0.0644. The van der Waals surface area contributed by atoms with Crippen molar-refractivity contribution in [1.82, 2.24) is 14.0 Å². The van der Waals surface area contributed by atoms with E-state index in [-0.39, 0.29) is 23.4 Å². The molecule has 0 saturated heterocycles. The van der Waals surface area contributed by atoms with Crippen molar-refractivity contribution in [3.05, 3.63) is 64.6 Å². The highest BCUT2D eigenvalue weighted by Gasteiger charge is 2.24. The molecule has 7 nitrogen and oxygen atoms in total. The third-order valence-corrected chi connectivity index (χ3v) is 3.38. The molecule has 0 N–H and O–H groups in total. The molecular formula is C16H12N4O3. The fraction of sp³-hybridized carbons (Fsp3) is 0.125. The van der Waals surface area contributed by atoms with Crippen molar-refractivity contribution in [2.75, 3.05) is 6.61 Å². The summed E-state index contributed by atoms with van der Waals surface area (Å²) in [6.45, 7) is 1.87. The number of carbonyl (C=O) groups excluding carboxylic acids is 1. The van der Waals surface area contributed by atoms with Crippen molar-refractivity contribution >= 4 is 11.5 Å². The molecular weight excluding hydrogens is 296 g/mol. The van der Waals surface area contributed by atoms with Crippen LogP contribution in [0.25, 0.3) is 11.2 Å². The van der Waals surface area contributed by atoms with Crippen LogP contribution in [0.3, 0.4) is 0 Å². The molecule has 0 unspecified atom stereocenters. The predicted octanol–water partition coefficient (Wildman–Crippen LogP) is 1.53. The molecule has 0 aliphatic carbocycles. The second kappa shape index (κ2) is 5.77. The molecule has 7 heteroatoms. The lowest BCUT2D eigenvalue weighted by Crippen LogP contribution is -2.24. The summed E-state index contributed by atoms with van der Waals surface area (Å²) in [6.07, 6.45) is 6.01. The monoisotopic (exact) mass is 308 g/mol. The number of ether oxygens (including phenoxy) is 1. The van der Waals surface area contributed by atoms with Crippen LogP contribution in [-0.4, -0.2) is 26.5 Å². The Morgan fingerprint density at radius 3 is 2.87 bits per heavy atom. The van der Waals surface area contributed by atoms with Gasteiger partial charge in [-0.1, -0.05) is 6.07 Å². The number of fused-ring (bicyclic) bond motifs is 1. The maximum absolute atomic E-state index is 12.6. The van der Waals surface area contributed by atoms with Gasteiger partial charge < -0.3 is 9.30 Å². The van der Waals surface area contributed by atoms with Gasteiger partial charge in [-0.15, -0.1) is 0 Å². The van der Waals surface area contributed by atoms with Gasteiger partial charge in [-0.2, -0.15) is 5.26 Å². The normalized spacial score (nSPS) is 10.4. The molecule has 0 aliphatic heterocycles. The van der Waals surface area contributed by atoms with Crippen LogP contribution in [0.5, 0.6) is 0 Å². The lowest BCUT2D eigenvalue weighted by molar-refractivity contribution is 0.0528. The van der Waals surface area contributed by atoms with Crippen LogP contribution in [-0.2, 0) is 4.74 Å². The first-order valence-corrected chi connectivity index (χ1v) is 6.92. The molecule has 0 spiro atoms. The van der Waals surface area contributed by atoms with Crippen LogP contribution in [0.2, 0.25) is 0 Å². The molecule has 0 bridgehead atoms. The fourth-order valence-corrected chi connectivity index (χ4v) is 2.45. The number of hydrogen-bond donors (Lipinski definition) is 0. The van der Waals surface area contributed by atoms with Crippen LogP contribution in [0.15, 0.2) is 47.9 Å². The lowest BCUT2D eigenvalue weighted by atomic mass is 10.1. The maximum Gasteiger partial charge on any atom is 0.342 e. The third-order valence-electron chi connectivity index (χ3n) is 3.38. The average molecular weight is 308 g/mol. The van der Waals surface area contributed by atoms with Crippen molar-refractivity contribution in [1.29, 1.82) is 5.26 Å². The Morgan fingerprint density at radius 1 is 1.39 bits per heavy atom. The molecule has 23 heavy (non-hydrogen) atoms. The summed E-state index contributed by atoms with van der Waals surface area (Å²) in [5, 5.41) is 9.44. The van der Waals surface area contributed by atoms with Crippen LogP contribution in [0.4, 0.5) is 0 Å². The van der Waals surface area contributed by atoms with E-state index < -0.39 is 11.5 Å². The SMILES string of the molecule is CCOC(=O)c1c(-n2ccnc2)c(C#N)c(=O)n2ccccc12. The number of esters is 1. The average Bonchev–Trinajstić information content (AvgIpc) is 3.09. The zero-order chi connectivity index (χ0) is 16.4. The Morgan fingerprint density at radius 2 is 2.22 bits per heavy atom. The van der Waals surface area contributed by atoms with Crippen molar-refractivity contribution in [3.8, 4) is 11.8 Å². The van der Waals surface area contributed by atoms with Gasteiger partial charge in [0.25, 0.3) is 5.56 Å². The molecule has 0 radical (unpaired) electrons. The molecule has 114 valence electrons. The Labute approximate surface area is 131 Å². The van der Waals surface area contributed by atoms with Gasteiger partial charge in [-0.25, -0.2) is 9.78 Å². The highest BCUT2D eigenvalue weighted by atomic mass is 16.5. The van der Waals surface area contributed by atoms with E-state index in [9.17, 15) is 14.9 Å². The first-order valence-electron chi connectivity index (χ1n) is 6.92. The number of imidazole rings is 1. The zero-order valence-corrected chi connectivity index (χ0v) is 12.3. The van der Waals surface area contributed by atoms with E-state index in [4.69, 9.17) is 4.74 Å². The lowest BCUT2D eigenvalue weighted by Gasteiger charge is -2.14. The molecule has 3 aromatic rings. The van der Waals surface area contributed by atoms with Gasteiger partial charge in [0, 0.05) is 18.6 Å². The quantitative estimate of drug-likeness (QED) is 0.685. The molecule has 0 aliphatic rings. The number of nitrogens with zero attached hydrogens (tertiary/aromatic N) is 4. The minimum absolute atomic E-state index is 0.144. The van der Waals surface area contributed by atoms with Crippen molar-refractivity contribution in [2.45, 2.75) is 6.92 Å². The van der Waals surface area contributed by atoms with E-state index in [0.29, 0.717) is 5.52 Å². The standard InChI is InChI=1S/C16H12N4O3/c1-2-23-16(22)13-12-5-3-4-7-20(12)15(21)11(9-17)14(13)19-8-6-18-10-19/h3-8,10H,2H2,1H3. The second-order valence-corrected chi connectivity index (χ2v) is 4.66. The summed E-state index contributed by atoms with van der Waals surface area (Å²) in [4.78, 5) is 29.0. The van der Waals surface area contributed by atoms with Gasteiger partial charge >= 0.3 is 5.97 Å². The first kappa shape index (κ1) is 14.5. The van der Waals surface area contributed by atoms with E-state index in [1.54, 1.807) is 31.3 Å². The molecule has 0 saturated carbocycles. The number of aromatic nitrogens is 3. The number of hydrogen-bond acceptors (Lipinski definition) is 5. The summed E-state index contributed by atoms with van der Waals surface area (Å²) in [6, 6.07) is 6.89. The van der Waals surface area contributed by atoms with Crippen molar-refractivity contribution in [3.63, 3.8) is 0 Å². The van der Waals surface area contributed by atoms with Gasteiger partial charge in [-0.3, -0.25) is 9.20 Å². The van der Waals surface area contributed by atoms with E-state index in [1.165, 1.54) is 27.7 Å². The Kier molecular flexibility index (Phi) is 3.65. The van der Waals surface area contributed by atoms with Gasteiger partial charge in [-0.05, 0) is 19.1 Å². The van der Waals surface area contributed by atoms with E-state index >= 15 is 0 Å². The number of pyridine rings is 2. The minimum Gasteiger partial charge on any atom is -0.462 e. The molecule has 3 heterocycles. The van der Waals surface area contributed by atoms with E-state index in [2.05, 4.69) is 4.98 Å². The minimum atomic E-state index is -0.601. The van der Waals surface area contributed by atoms with Crippen molar-refractivity contribution in [2.24, 2.45) is 0 Å². The third kappa shape index (κ3) is 2.26. The summed E-state index contributed by atoms with van der Waals surface area (Å²) < 4.78 is 7.86. The molecule has 0 fully saturated rings. The fourth-order valence-electron chi connectivity index (χ4n) is 2.45. The highest BCUT2D eigenvalue weighted by Crippen LogP contribution is 2.22. The molecule has 0 aromatic carbocycles. The van der Waals surface area contributed by atoms with Gasteiger partial charge in [0.15, 0.2) is 0 Å². The van der Waals surface area contributed by atoms with Crippen molar-refractivity contribution < 1.29 is 9.53 Å². The predicted molar refractivity (Wildman–Crippen MR) is 81.5 cm³/mol. The molecule has 0 atom stereocenters. The molecule has 0 amide bonds. The van der Waals surface area contributed by atoms with Crippen LogP contribution >= 0.6 is 0 Å². The summed E-state index contributed by atoms with van der Waals surface area (Å²) >= 11 is 0. The summed E-state index contributed by atoms with van der Waals surface area (Å²) in [5.74, 6) is -0.601. The van der Waals surface area contributed by atoms with Gasteiger partial charge in [0.1, 0.15) is 17.2 Å². The van der Waals surface area contributed by atoms with Crippen LogP contribution in [0, 0.1) is 11.3 Å². The number of carbonyl (C=O) groups is 1. The highest BCUT2D eigenvalue weighted by molar-refractivity contribution is 6.01. The number of rotatable bonds is 3. The Hall–Kier alpha value is -3.40. The van der Waals surface area contributed by atoms with Gasteiger partial charge in [0.2, 0.25) is 0 Å². The van der Waals surface area contributed by atoms with E-state index in [1.807, 2.05) is 6.07 Å².